The molecule has 1 aromatic heterocycles. The van der Waals surface area contributed by atoms with Gasteiger partial charge >= 0.3 is 5.97 Å². The van der Waals surface area contributed by atoms with Crippen molar-refractivity contribution in [3.8, 4) is 0 Å². The first-order valence-corrected chi connectivity index (χ1v) is 11.7. The summed E-state index contributed by atoms with van der Waals surface area (Å²) in [5.74, 6) is -2.12. The third kappa shape index (κ3) is 4.91. The fourth-order valence-electron chi connectivity index (χ4n) is 4.20. The van der Waals surface area contributed by atoms with Crippen LogP contribution < -0.4 is 0 Å². The average Bonchev–Trinajstić information content (AvgIpc) is 3.10. The quantitative estimate of drug-likeness (QED) is 0.232. The lowest BCUT2D eigenvalue weighted by atomic mass is 9.95. The van der Waals surface area contributed by atoms with Crippen LogP contribution in [0.1, 0.15) is 58.1 Å². The number of benzene rings is 2. The van der Waals surface area contributed by atoms with Crippen molar-refractivity contribution in [2.75, 3.05) is 0 Å². The molecule has 0 bridgehead atoms. The molecule has 1 aliphatic heterocycles. The van der Waals surface area contributed by atoms with Crippen LogP contribution in [0.25, 0.3) is 5.76 Å². The Hall–Kier alpha value is -4.26. The fraction of sp³-hybridized carbons (Fsp3) is 0.241. The minimum absolute atomic E-state index is 0.0217. The number of carbonyl (C=O) groups excluding carboxylic acids is 3. The number of aromatic nitrogens is 1. The second-order valence-electron chi connectivity index (χ2n) is 9.16. The molecule has 3 aromatic rings. The van der Waals surface area contributed by atoms with Crippen molar-refractivity contribution < 1.29 is 24.2 Å². The van der Waals surface area contributed by atoms with Gasteiger partial charge in [-0.2, -0.15) is 0 Å². The lowest BCUT2D eigenvalue weighted by Crippen LogP contribution is -2.29. The molecule has 0 radical (unpaired) electrons. The molecule has 1 atom stereocenters. The van der Waals surface area contributed by atoms with Gasteiger partial charge < -0.3 is 14.7 Å². The molecule has 1 fully saturated rings. The van der Waals surface area contributed by atoms with Crippen molar-refractivity contribution in [1.29, 1.82) is 0 Å². The summed E-state index contributed by atoms with van der Waals surface area (Å²) in [5.41, 5.74) is 4.23. The zero-order valence-electron chi connectivity index (χ0n) is 20.7. The van der Waals surface area contributed by atoms with Crippen molar-refractivity contribution in [3.05, 3.63) is 106 Å². The van der Waals surface area contributed by atoms with Crippen LogP contribution in [0.15, 0.2) is 72.6 Å². The number of amides is 1. The number of likely N-dealkylation sites (tertiary alicyclic amines) is 1. The summed E-state index contributed by atoms with van der Waals surface area (Å²) < 4.78 is 5.22. The second-order valence-corrected chi connectivity index (χ2v) is 9.16. The Labute approximate surface area is 210 Å². The number of nitrogens with zero attached hydrogens (tertiary/aromatic N) is 2. The maximum Gasteiger partial charge on any atom is 0.338 e. The molecule has 1 saturated heterocycles. The number of aryl methyl sites for hydroxylation is 2. The van der Waals surface area contributed by atoms with Crippen LogP contribution in [0.2, 0.25) is 0 Å². The molecular weight excluding hydrogens is 456 g/mol. The number of hydrogen-bond donors (Lipinski definition) is 1. The Morgan fingerprint density at radius 2 is 1.72 bits per heavy atom. The largest absolute Gasteiger partial charge is 0.507 e. The lowest BCUT2D eigenvalue weighted by molar-refractivity contribution is -0.140. The van der Waals surface area contributed by atoms with E-state index in [2.05, 4.69) is 4.98 Å². The molecule has 0 spiro atoms. The molecule has 1 aliphatic rings. The molecule has 1 N–H and O–H groups in total. The highest BCUT2D eigenvalue weighted by atomic mass is 16.5. The number of aliphatic hydroxyl groups excluding tert-OH is 1. The Kier molecular flexibility index (Phi) is 7.01. The van der Waals surface area contributed by atoms with E-state index in [0.29, 0.717) is 16.7 Å². The van der Waals surface area contributed by atoms with Gasteiger partial charge in [0.2, 0.25) is 0 Å². The molecule has 184 valence electrons. The summed E-state index contributed by atoms with van der Waals surface area (Å²) >= 11 is 0. The van der Waals surface area contributed by atoms with Gasteiger partial charge in [0.05, 0.1) is 23.3 Å². The van der Waals surface area contributed by atoms with E-state index < -0.39 is 23.7 Å². The van der Waals surface area contributed by atoms with Gasteiger partial charge in [0.25, 0.3) is 11.7 Å². The Morgan fingerprint density at radius 1 is 1.03 bits per heavy atom. The zero-order valence-corrected chi connectivity index (χ0v) is 20.7. The lowest BCUT2D eigenvalue weighted by Gasteiger charge is -2.25. The summed E-state index contributed by atoms with van der Waals surface area (Å²) in [4.78, 5) is 44.2. The van der Waals surface area contributed by atoms with Gasteiger partial charge in [-0.25, -0.2) is 4.79 Å². The normalized spacial score (nSPS) is 17.0. The van der Waals surface area contributed by atoms with Crippen LogP contribution in [-0.2, 0) is 20.9 Å². The number of carbonyl (C=O) groups is 3. The molecule has 0 saturated carbocycles. The van der Waals surface area contributed by atoms with Gasteiger partial charge in [-0.15, -0.1) is 0 Å². The fourth-order valence-corrected chi connectivity index (χ4v) is 4.20. The van der Waals surface area contributed by atoms with E-state index in [1.54, 1.807) is 74.8 Å². The first-order valence-electron chi connectivity index (χ1n) is 11.7. The second kappa shape index (κ2) is 10.2. The molecule has 2 heterocycles. The van der Waals surface area contributed by atoms with Crippen LogP contribution in [0.4, 0.5) is 0 Å². The topological polar surface area (TPSA) is 96.8 Å². The van der Waals surface area contributed by atoms with Crippen LogP contribution in [0.3, 0.4) is 0 Å². The third-order valence-corrected chi connectivity index (χ3v) is 6.21. The number of hydrogen-bond acceptors (Lipinski definition) is 6. The predicted octanol–water partition coefficient (Wildman–Crippen LogP) is 4.89. The van der Waals surface area contributed by atoms with E-state index in [1.165, 1.54) is 4.90 Å². The molecule has 36 heavy (non-hydrogen) atoms. The smallest absolute Gasteiger partial charge is 0.338 e. The van der Waals surface area contributed by atoms with Gasteiger partial charge in [-0.3, -0.25) is 14.6 Å². The number of esters is 1. The number of ether oxygens (including phenoxy) is 1. The maximum atomic E-state index is 13.2. The van der Waals surface area contributed by atoms with Crippen LogP contribution >= 0.6 is 0 Å². The number of ketones is 1. The summed E-state index contributed by atoms with van der Waals surface area (Å²) in [7, 11) is 0. The molecule has 2 aromatic carbocycles. The van der Waals surface area contributed by atoms with E-state index in [0.717, 1.165) is 16.7 Å². The van der Waals surface area contributed by atoms with Crippen LogP contribution in [0, 0.1) is 13.8 Å². The monoisotopic (exact) mass is 484 g/mol. The van der Waals surface area contributed by atoms with Crippen molar-refractivity contribution >= 4 is 23.4 Å². The first-order chi connectivity index (χ1) is 17.2. The molecule has 0 aliphatic carbocycles. The van der Waals surface area contributed by atoms with E-state index in [9.17, 15) is 19.5 Å². The molecule has 1 amide bonds. The molecule has 7 nitrogen and oxygen atoms in total. The number of pyridine rings is 1. The van der Waals surface area contributed by atoms with E-state index in [-0.39, 0.29) is 24.0 Å². The minimum atomic E-state index is -0.814. The predicted molar refractivity (Wildman–Crippen MR) is 135 cm³/mol. The van der Waals surface area contributed by atoms with Crippen molar-refractivity contribution in [1.82, 2.24) is 9.88 Å². The SMILES string of the molecule is Cc1ccc(/C(O)=C2/C(=O)C(=O)N(Cc3ccc(C(=O)OC(C)C)cc3)C2c2cccnc2)cc1C. The van der Waals surface area contributed by atoms with Crippen LogP contribution in [-0.4, -0.2) is 38.8 Å². The maximum absolute atomic E-state index is 13.2. The number of rotatable bonds is 6. The summed E-state index contributed by atoms with van der Waals surface area (Å²) in [5, 5.41) is 11.2. The number of Topliss-reactive ketones (excluding diaryl/α,β-unsaturated/α-hetero) is 1. The summed E-state index contributed by atoms with van der Waals surface area (Å²) in [6.07, 6.45) is 2.96. The highest BCUT2D eigenvalue weighted by molar-refractivity contribution is 6.46. The minimum Gasteiger partial charge on any atom is -0.507 e. The van der Waals surface area contributed by atoms with Gasteiger partial charge in [0, 0.05) is 24.5 Å². The van der Waals surface area contributed by atoms with E-state index in [1.807, 2.05) is 19.9 Å². The van der Waals surface area contributed by atoms with Crippen LogP contribution in [0.5, 0.6) is 0 Å². The first kappa shape index (κ1) is 24.9. The van der Waals surface area contributed by atoms with Gasteiger partial charge in [-0.05, 0) is 74.2 Å². The van der Waals surface area contributed by atoms with Gasteiger partial charge in [0.1, 0.15) is 5.76 Å². The Balaban J connectivity index is 1.73. The van der Waals surface area contributed by atoms with E-state index >= 15 is 0 Å². The van der Waals surface area contributed by atoms with Crippen molar-refractivity contribution in [3.63, 3.8) is 0 Å². The van der Waals surface area contributed by atoms with Crippen molar-refractivity contribution in [2.45, 2.75) is 46.4 Å². The highest BCUT2D eigenvalue weighted by Crippen LogP contribution is 2.40. The molecule has 4 rings (SSSR count). The average molecular weight is 485 g/mol. The zero-order chi connectivity index (χ0) is 26.0. The highest BCUT2D eigenvalue weighted by Gasteiger charge is 2.46. The molecular formula is C29H28N2O5. The third-order valence-electron chi connectivity index (χ3n) is 6.21. The Morgan fingerprint density at radius 3 is 2.33 bits per heavy atom. The van der Waals surface area contributed by atoms with Gasteiger partial charge in [0.15, 0.2) is 0 Å². The molecule has 7 heteroatoms. The Bertz CT molecular complexity index is 1340. The summed E-state index contributed by atoms with van der Waals surface area (Å²) in [6, 6.07) is 14.8. The molecule has 1 unspecified atom stereocenters. The van der Waals surface area contributed by atoms with E-state index in [4.69, 9.17) is 4.74 Å². The van der Waals surface area contributed by atoms with Crippen molar-refractivity contribution in [2.24, 2.45) is 0 Å². The standard InChI is InChI=1S/C29H28N2O5/c1-17(2)36-29(35)21-11-8-20(9-12-21)16-31-25(23-6-5-13-30-15-23)24(27(33)28(31)34)26(32)22-10-7-18(3)19(4)14-22/h5-15,17,25,32H,16H2,1-4H3/b26-24-. The number of aliphatic hydroxyl groups is 1. The summed E-state index contributed by atoms with van der Waals surface area (Å²) in [6.45, 7) is 7.54. The van der Waals surface area contributed by atoms with Gasteiger partial charge in [-0.1, -0.05) is 30.3 Å².